The van der Waals surface area contributed by atoms with E-state index >= 15 is 0 Å². The lowest BCUT2D eigenvalue weighted by atomic mass is 10.1. The molecule has 0 aromatic heterocycles. The molecule has 0 saturated heterocycles. The molecule has 0 saturated carbocycles. The van der Waals surface area contributed by atoms with Crippen LogP contribution in [0.2, 0.25) is 0 Å². The van der Waals surface area contributed by atoms with Gasteiger partial charge >= 0.3 is 0 Å². The number of hydrogen-bond donors (Lipinski definition) is 2. The Hall–Kier alpha value is -1.18. The quantitative estimate of drug-likeness (QED) is 0.414. The first kappa shape index (κ1) is 19.8. The van der Waals surface area contributed by atoms with Crippen LogP contribution in [-0.4, -0.2) is 25.7 Å². The number of benzene rings is 1. The molecule has 0 aliphatic carbocycles. The van der Waals surface area contributed by atoms with E-state index < -0.39 is 0 Å². The van der Waals surface area contributed by atoms with E-state index in [2.05, 4.69) is 10.3 Å². The SMILES string of the molecule is CCN=C(N)NC(C)c1ccc(OCC)c(OCC)c1.I. The first-order chi connectivity index (χ1) is 9.62. The molecule has 0 heterocycles. The van der Waals surface area contributed by atoms with Gasteiger partial charge in [-0.25, -0.2) is 0 Å². The third-order valence-corrected chi connectivity index (χ3v) is 2.76. The molecule has 0 fully saturated rings. The molecule has 1 unspecified atom stereocenters. The number of ether oxygens (including phenoxy) is 2. The van der Waals surface area contributed by atoms with Crippen LogP contribution in [0.3, 0.4) is 0 Å². The van der Waals surface area contributed by atoms with Crippen molar-refractivity contribution >= 4 is 29.9 Å². The van der Waals surface area contributed by atoms with Crippen molar-refractivity contribution < 1.29 is 9.47 Å². The minimum absolute atomic E-state index is 0. The number of aliphatic imine (C=N–C) groups is 1. The standard InChI is InChI=1S/C15H25N3O2.HI/c1-5-17-15(16)18-11(4)12-8-9-13(19-6-2)14(10-12)20-7-3;/h8-11H,5-7H2,1-4H3,(H3,16,17,18);1H. The summed E-state index contributed by atoms with van der Waals surface area (Å²) in [5, 5.41) is 3.15. The summed E-state index contributed by atoms with van der Waals surface area (Å²) in [4.78, 5) is 4.12. The summed E-state index contributed by atoms with van der Waals surface area (Å²) in [6, 6.07) is 5.96. The van der Waals surface area contributed by atoms with Crippen molar-refractivity contribution in [1.82, 2.24) is 5.32 Å². The van der Waals surface area contributed by atoms with Gasteiger partial charge in [0.15, 0.2) is 17.5 Å². The Morgan fingerprint density at radius 2 is 1.81 bits per heavy atom. The Bertz CT molecular complexity index is 453. The molecule has 0 aliphatic heterocycles. The number of guanidine groups is 1. The fraction of sp³-hybridized carbons (Fsp3) is 0.533. The Balaban J connectivity index is 0.00000400. The van der Waals surface area contributed by atoms with Gasteiger partial charge in [-0.05, 0) is 45.4 Å². The molecule has 1 aromatic rings. The predicted octanol–water partition coefficient (Wildman–Crippen LogP) is 3.09. The summed E-state index contributed by atoms with van der Waals surface area (Å²) < 4.78 is 11.2. The molecule has 1 rings (SSSR count). The van der Waals surface area contributed by atoms with Crippen LogP contribution >= 0.6 is 24.0 Å². The highest BCUT2D eigenvalue weighted by Crippen LogP contribution is 2.30. The van der Waals surface area contributed by atoms with E-state index in [0.717, 1.165) is 17.1 Å². The zero-order chi connectivity index (χ0) is 15.0. The average molecular weight is 407 g/mol. The lowest BCUT2D eigenvalue weighted by Gasteiger charge is -2.17. The van der Waals surface area contributed by atoms with Crippen molar-refractivity contribution in [2.45, 2.75) is 33.7 Å². The molecule has 0 radical (unpaired) electrons. The molecule has 1 atom stereocenters. The fourth-order valence-electron chi connectivity index (χ4n) is 1.86. The van der Waals surface area contributed by atoms with Crippen LogP contribution in [0.15, 0.2) is 23.2 Å². The number of nitrogens with two attached hydrogens (primary N) is 1. The first-order valence-corrected chi connectivity index (χ1v) is 7.08. The number of nitrogens with zero attached hydrogens (tertiary/aromatic N) is 1. The molecule has 0 aliphatic rings. The topological polar surface area (TPSA) is 68.9 Å². The minimum Gasteiger partial charge on any atom is -0.490 e. The number of hydrogen-bond acceptors (Lipinski definition) is 3. The van der Waals surface area contributed by atoms with Gasteiger partial charge in [-0.1, -0.05) is 6.07 Å². The number of rotatable bonds is 7. The van der Waals surface area contributed by atoms with Crippen molar-refractivity contribution in [3.8, 4) is 11.5 Å². The highest BCUT2D eigenvalue weighted by atomic mass is 127. The largest absolute Gasteiger partial charge is 0.490 e. The molecule has 120 valence electrons. The van der Waals surface area contributed by atoms with Crippen molar-refractivity contribution in [1.29, 1.82) is 0 Å². The van der Waals surface area contributed by atoms with E-state index in [-0.39, 0.29) is 30.0 Å². The molecular formula is C15H26IN3O2. The van der Waals surface area contributed by atoms with Crippen LogP contribution in [0.5, 0.6) is 11.5 Å². The molecular weight excluding hydrogens is 381 g/mol. The monoisotopic (exact) mass is 407 g/mol. The van der Waals surface area contributed by atoms with Gasteiger partial charge in [-0.3, -0.25) is 4.99 Å². The minimum atomic E-state index is 0. The lowest BCUT2D eigenvalue weighted by molar-refractivity contribution is 0.287. The molecule has 5 nitrogen and oxygen atoms in total. The maximum Gasteiger partial charge on any atom is 0.189 e. The van der Waals surface area contributed by atoms with Gasteiger partial charge < -0.3 is 20.5 Å². The maximum absolute atomic E-state index is 5.78. The van der Waals surface area contributed by atoms with Crippen molar-refractivity contribution in [3.63, 3.8) is 0 Å². The summed E-state index contributed by atoms with van der Waals surface area (Å²) in [5.41, 5.74) is 6.85. The van der Waals surface area contributed by atoms with Gasteiger partial charge in [0.05, 0.1) is 19.3 Å². The van der Waals surface area contributed by atoms with Gasteiger partial charge in [0.2, 0.25) is 0 Å². The van der Waals surface area contributed by atoms with Crippen molar-refractivity contribution in [3.05, 3.63) is 23.8 Å². The summed E-state index contributed by atoms with van der Waals surface area (Å²) in [7, 11) is 0. The second kappa shape index (κ2) is 10.5. The zero-order valence-corrected chi connectivity index (χ0v) is 15.5. The van der Waals surface area contributed by atoms with E-state index in [1.54, 1.807) is 0 Å². The number of halogens is 1. The van der Waals surface area contributed by atoms with Gasteiger partial charge in [0.1, 0.15) is 0 Å². The van der Waals surface area contributed by atoms with E-state index in [9.17, 15) is 0 Å². The number of nitrogens with one attached hydrogen (secondary N) is 1. The molecule has 0 amide bonds. The fourth-order valence-corrected chi connectivity index (χ4v) is 1.86. The van der Waals surface area contributed by atoms with Gasteiger partial charge in [-0.2, -0.15) is 0 Å². The summed E-state index contributed by atoms with van der Waals surface area (Å²) in [6.07, 6.45) is 0. The second-order valence-corrected chi connectivity index (χ2v) is 4.30. The van der Waals surface area contributed by atoms with E-state index in [0.29, 0.717) is 25.7 Å². The summed E-state index contributed by atoms with van der Waals surface area (Å²) in [6.45, 7) is 9.77. The van der Waals surface area contributed by atoms with E-state index in [1.807, 2.05) is 45.9 Å². The third kappa shape index (κ3) is 6.41. The van der Waals surface area contributed by atoms with Gasteiger partial charge in [0, 0.05) is 6.54 Å². The maximum atomic E-state index is 5.78. The molecule has 3 N–H and O–H groups in total. The van der Waals surface area contributed by atoms with E-state index in [4.69, 9.17) is 15.2 Å². The molecule has 0 bridgehead atoms. The van der Waals surface area contributed by atoms with Crippen LogP contribution in [0, 0.1) is 0 Å². The molecule has 0 spiro atoms. The van der Waals surface area contributed by atoms with Crippen LogP contribution in [0.4, 0.5) is 0 Å². The molecule has 21 heavy (non-hydrogen) atoms. The Labute approximate surface area is 144 Å². The average Bonchev–Trinajstić information content (AvgIpc) is 2.41. The smallest absolute Gasteiger partial charge is 0.189 e. The van der Waals surface area contributed by atoms with Crippen LogP contribution in [0.1, 0.15) is 39.3 Å². The summed E-state index contributed by atoms with van der Waals surface area (Å²) >= 11 is 0. The predicted molar refractivity (Wildman–Crippen MR) is 97.9 cm³/mol. The zero-order valence-electron chi connectivity index (χ0n) is 13.2. The molecule has 6 heteroatoms. The van der Waals surface area contributed by atoms with Gasteiger partial charge in [-0.15, -0.1) is 24.0 Å². The summed E-state index contributed by atoms with van der Waals surface area (Å²) in [5.74, 6) is 1.97. The Kier molecular flexibility index (Phi) is 9.94. The first-order valence-electron chi connectivity index (χ1n) is 7.08. The second-order valence-electron chi connectivity index (χ2n) is 4.30. The third-order valence-electron chi connectivity index (χ3n) is 2.76. The van der Waals surface area contributed by atoms with Crippen LogP contribution in [-0.2, 0) is 0 Å². The van der Waals surface area contributed by atoms with Crippen molar-refractivity contribution in [2.24, 2.45) is 10.7 Å². The van der Waals surface area contributed by atoms with E-state index in [1.165, 1.54) is 0 Å². The van der Waals surface area contributed by atoms with Crippen LogP contribution < -0.4 is 20.5 Å². The Morgan fingerprint density at radius 3 is 2.38 bits per heavy atom. The highest BCUT2D eigenvalue weighted by molar-refractivity contribution is 14.0. The lowest BCUT2D eigenvalue weighted by Crippen LogP contribution is -2.33. The van der Waals surface area contributed by atoms with Crippen molar-refractivity contribution in [2.75, 3.05) is 19.8 Å². The van der Waals surface area contributed by atoms with Crippen LogP contribution in [0.25, 0.3) is 0 Å². The highest BCUT2D eigenvalue weighted by Gasteiger charge is 2.11. The Morgan fingerprint density at radius 1 is 1.19 bits per heavy atom. The van der Waals surface area contributed by atoms with Gasteiger partial charge in [0.25, 0.3) is 0 Å². The normalized spacial score (nSPS) is 12.3. The molecule has 1 aromatic carbocycles.